The molecule has 0 spiro atoms. The Bertz CT molecular complexity index is 1210. The van der Waals surface area contributed by atoms with Gasteiger partial charge in [0.15, 0.2) is 0 Å². The standard InChI is InChI=1S/C23H26N4O6S/c1-6-31-21(30)16-12(2)32-20(17(16)18(24)29)25-15(28)11-34-22-27-26-19(33-22)13-7-9-14(10-8-13)23(3,4)5/h7-10H,6,11H2,1-5H3,(H2,24,29)(H,25,28). The van der Waals surface area contributed by atoms with Gasteiger partial charge in [-0.3, -0.25) is 14.9 Å². The van der Waals surface area contributed by atoms with E-state index in [1.807, 2.05) is 24.3 Å². The van der Waals surface area contributed by atoms with Crippen LogP contribution >= 0.6 is 11.8 Å². The summed E-state index contributed by atoms with van der Waals surface area (Å²) >= 11 is 1.01. The number of aromatic nitrogens is 2. The monoisotopic (exact) mass is 486 g/mol. The van der Waals surface area contributed by atoms with E-state index in [9.17, 15) is 14.4 Å². The van der Waals surface area contributed by atoms with E-state index in [2.05, 4.69) is 36.3 Å². The van der Waals surface area contributed by atoms with Crippen LogP contribution in [0.2, 0.25) is 0 Å². The highest BCUT2D eigenvalue weighted by Gasteiger charge is 2.29. The number of rotatable bonds is 8. The molecule has 0 aliphatic rings. The number of furan rings is 1. The molecule has 0 unspecified atom stereocenters. The van der Waals surface area contributed by atoms with Gasteiger partial charge in [-0.1, -0.05) is 44.7 Å². The fraction of sp³-hybridized carbons (Fsp3) is 0.348. The van der Waals surface area contributed by atoms with Gasteiger partial charge in [0, 0.05) is 5.56 Å². The Hall–Kier alpha value is -3.60. The van der Waals surface area contributed by atoms with Crippen molar-refractivity contribution in [1.82, 2.24) is 10.2 Å². The molecule has 1 aromatic carbocycles. The van der Waals surface area contributed by atoms with Gasteiger partial charge in [0.1, 0.15) is 16.9 Å². The number of carbonyl (C=O) groups excluding carboxylic acids is 3. The Morgan fingerprint density at radius 2 is 1.76 bits per heavy atom. The second-order valence-corrected chi connectivity index (χ2v) is 9.29. The van der Waals surface area contributed by atoms with E-state index in [0.717, 1.165) is 17.3 Å². The van der Waals surface area contributed by atoms with E-state index in [0.29, 0.717) is 5.89 Å². The Labute approximate surface area is 200 Å². The molecular formula is C23H26N4O6S. The van der Waals surface area contributed by atoms with Gasteiger partial charge in [0.05, 0.1) is 12.4 Å². The van der Waals surface area contributed by atoms with Crippen LogP contribution < -0.4 is 11.1 Å². The maximum absolute atomic E-state index is 12.4. The molecule has 0 aliphatic carbocycles. The number of amides is 2. The number of ether oxygens (including phenoxy) is 1. The van der Waals surface area contributed by atoms with Crippen LogP contribution in [0.1, 0.15) is 59.7 Å². The summed E-state index contributed by atoms with van der Waals surface area (Å²) in [5.74, 6) is -2.11. The molecule has 3 N–H and O–H groups in total. The summed E-state index contributed by atoms with van der Waals surface area (Å²) in [6.45, 7) is 9.58. The lowest BCUT2D eigenvalue weighted by Crippen LogP contribution is -2.21. The number of esters is 1. The number of primary amides is 1. The van der Waals surface area contributed by atoms with Gasteiger partial charge in [-0.2, -0.15) is 0 Å². The van der Waals surface area contributed by atoms with Crippen LogP contribution in [-0.4, -0.2) is 40.3 Å². The van der Waals surface area contributed by atoms with Crippen molar-refractivity contribution in [3.63, 3.8) is 0 Å². The third-order valence-electron chi connectivity index (χ3n) is 4.79. The van der Waals surface area contributed by atoms with Crippen molar-refractivity contribution in [3.8, 4) is 11.5 Å². The zero-order valence-electron chi connectivity index (χ0n) is 19.6. The van der Waals surface area contributed by atoms with Crippen molar-refractivity contribution in [2.45, 2.75) is 45.3 Å². The highest BCUT2D eigenvalue weighted by molar-refractivity contribution is 7.99. The predicted molar refractivity (Wildman–Crippen MR) is 126 cm³/mol. The van der Waals surface area contributed by atoms with Crippen LogP contribution in [0.15, 0.2) is 38.3 Å². The van der Waals surface area contributed by atoms with E-state index >= 15 is 0 Å². The Balaban J connectivity index is 1.66. The van der Waals surface area contributed by atoms with Gasteiger partial charge in [0.25, 0.3) is 11.1 Å². The number of anilines is 1. The molecule has 0 saturated carbocycles. The van der Waals surface area contributed by atoms with Crippen LogP contribution in [0.25, 0.3) is 11.5 Å². The van der Waals surface area contributed by atoms with Crippen molar-refractivity contribution in [2.75, 3.05) is 17.7 Å². The average Bonchev–Trinajstić information content (AvgIpc) is 3.36. The molecule has 0 fully saturated rings. The number of thioether (sulfide) groups is 1. The van der Waals surface area contributed by atoms with Crippen molar-refractivity contribution in [1.29, 1.82) is 0 Å². The summed E-state index contributed by atoms with van der Waals surface area (Å²) in [7, 11) is 0. The van der Waals surface area contributed by atoms with Gasteiger partial charge in [-0.15, -0.1) is 10.2 Å². The van der Waals surface area contributed by atoms with E-state index in [1.165, 1.54) is 12.5 Å². The van der Waals surface area contributed by atoms with E-state index in [4.69, 9.17) is 19.3 Å². The summed E-state index contributed by atoms with van der Waals surface area (Å²) in [6, 6.07) is 7.82. The summed E-state index contributed by atoms with van der Waals surface area (Å²) in [5.41, 5.74) is 7.01. The maximum atomic E-state index is 12.4. The molecule has 0 atom stereocenters. The molecule has 180 valence electrons. The van der Waals surface area contributed by atoms with Crippen LogP contribution in [-0.2, 0) is 14.9 Å². The molecule has 11 heteroatoms. The third kappa shape index (κ3) is 5.66. The normalized spacial score (nSPS) is 11.3. The first-order valence-corrected chi connectivity index (χ1v) is 11.5. The lowest BCUT2D eigenvalue weighted by atomic mass is 9.87. The van der Waals surface area contributed by atoms with Gasteiger partial charge in [-0.05, 0) is 37.0 Å². The van der Waals surface area contributed by atoms with Crippen molar-refractivity contribution < 1.29 is 28.0 Å². The summed E-state index contributed by atoms with van der Waals surface area (Å²) < 4.78 is 16.0. The topological polar surface area (TPSA) is 151 Å². The number of aryl methyl sites for hydroxylation is 1. The van der Waals surface area contributed by atoms with Crippen molar-refractivity contribution >= 4 is 35.4 Å². The summed E-state index contributed by atoms with van der Waals surface area (Å²) in [4.78, 5) is 36.5. The maximum Gasteiger partial charge on any atom is 0.342 e. The number of hydrogen-bond acceptors (Lipinski definition) is 9. The van der Waals surface area contributed by atoms with Crippen LogP contribution in [0.5, 0.6) is 0 Å². The third-order valence-corrected chi connectivity index (χ3v) is 5.61. The highest BCUT2D eigenvalue weighted by Crippen LogP contribution is 2.29. The molecule has 2 aromatic heterocycles. The first-order valence-electron chi connectivity index (χ1n) is 10.5. The molecule has 0 radical (unpaired) electrons. The molecule has 0 aliphatic heterocycles. The minimum absolute atomic E-state index is 0.0275. The Morgan fingerprint density at radius 3 is 2.35 bits per heavy atom. The fourth-order valence-corrected chi connectivity index (χ4v) is 3.67. The number of carbonyl (C=O) groups is 3. The lowest BCUT2D eigenvalue weighted by molar-refractivity contribution is -0.113. The molecular weight excluding hydrogens is 460 g/mol. The summed E-state index contributed by atoms with van der Waals surface area (Å²) in [6.07, 6.45) is 0. The summed E-state index contributed by atoms with van der Waals surface area (Å²) in [5, 5.41) is 10.6. The molecule has 10 nitrogen and oxygen atoms in total. The van der Waals surface area contributed by atoms with Crippen molar-refractivity contribution in [3.05, 3.63) is 46.7 Å². The number of benzene rings is 1. The highest BCUT2D eigenvalue weighted by atomic mass is 32.2. The number of nitrogens with two attached hydrogens (primary N) is 1. The zero-order valence-corrected chi connectivity index (χ0v) is 20.4. The fourth-order valence-electron chi connectivity index (χ4n) is 3.10. The largest absolute Gasteiger partial charge is 0.462 e. The Morgan fingerprint density at radius 1 is 1.09 bits per heavy atom. The smallest absolute Gasteiger partial charge is 0.342 e. The lowest BCUT2D eigenvalue weighted by Gasteiger charge is -2.18. The molecule has 34 heavy (non-hydrogen) atoms. The van der Waals surface area contributed by atoms with Crippen LogP contribution in [0, 0.1) is 6.92 Å². The number of hydrogen-bond donors (Lipinski definition) is 2. The number of nitrogens with one attached hydrogen (secondary N) is 1. The first-order chi connectivity index (χ1) is 16.0. The van der Waals surface area contributed by atoms with E-state index < -0.39 is 17.8 Å². The van der Waals surface area contributed by atoms with E-state index in [-0.39, 0.29) is 45.8 Å². The molecule has 3 rings (SSSR count). The predicted octanol–water partition coefficient (Wildman–Crippen LogP) is 3.94. The van der Waals surface area contributed by atoms with Gasteiger partial charge >= 0.3 is 5.97 Å². The minimum Gasteiger partial charge on any atom is -0.462 e. The molecule has 2 amide bonds. The quantitative estimate of drug-likeness (QED) is 0.356. The van der Waals surface area contributed by atoms with Gasteiger partial charge in [-0.25, -0.2) is 4.79 Å². The van der Waals surface area contributed by atoms with Crippen molar-refractivity contribution in [2.24, 2.45) is 5.73 Å². The number of nitrogens with zero attached hydrogens (tertiary/aromatic N) is 2. The second kappa shape index (κ2) is 10.1. The molecule has 0 saturated heterocycles. The second-order valence-electron chi connectivity index (χ2n) is 8.36. The van der Waals surface area contributed by atoms with Gasteiger partial charge in [0.2, 0.25) is 17.7 Å². The zero-order chi connectivity index (χ0) is 25.0. The SMILES string of the molecule is CCOC(=O)c1c(C)oc(NC(=O)CSc2nnc(-c3ccc(C(C)(C)C)cc3)o2)c1C(N)=O. The Kier molecular flexibility index (Phi) is 7.45. The first kappa shape index (κ1) is 25.0. The molecule has 3 aromatic rings. The van der Waals surface area contributed by atoms with Gasteiger partial charge < -0.3 is 19.3 Å². The molecule has 0 bridgehead atoms. The average molecular weight is 487 g/mol. The minimum atomic E-state index is -0.929. The molecule has 2 heterocycles. The van der Waals surface area contributed by atoms with Crippen LogP contribution in [0.4, 0.5) is 5.88 Å². The van der Waals surface area contributed by atoms with E-state index in [1.54, 1.807) is 6.92 Å². The van der Waals surface area contributed by atoms with Crippen LogP contribution in [0.3, 0.4) is 0 Å².